The number of likely N-dealkylation sites (N-methyl/N-ethyl adjacent to an activating group) is 2. The van der Waals surface area contributed by atoms with E-state index in [1.165, 1.54) is 10.5 Å². The van der Waals surface area contributed by atoms with Gasteiger partial charge in [-0.15, -0.1) is 0 Å². The molecule has 27 heavy (non-hydrogen) atoms. The van der Waals surface area contributed by atoms with Gasteiger partial charge in [0.15, 0.2) is 0 Å². The predicted octanol–water partition coefficient (Wildman–Crippen LogP) is -0.0586. The zero-order valence-electron chi connectivity index (χ0n) is 16.1. The number of carbonyl (C=O) groups excluding carboxylic acids is 2. The Kier molecular flexibility index (Phi) is 4.82. The third-order valence-electron chi connectivity index (χ3n) is 6.43. The molecule has 2 unspecified atom stereocenters. The molecule has 0 aliphatic carbocycles. The maximum atomic E-state index is 12.9. The molecule has 1 aromatic carbocycles. The number of nitrogens with zero attached hydrogens (tertiary/aromatic N) is 3. The summed E-state index contributed by atoms with van der Waals surface area (Å²) in [4.78, 5) is 31.1. The Morgan fingerprint density at radius 1 is 1.15 bits per heavy atom. The summed E-state index contributed by atoms with van der Waals surface area (Å²) in [7, 11) is 3.26. The summed E-state index contributed by atoms with van der Waals surface area (Å²) in [6.07, 6.45) is 0. The molecule has 0 saturated carbocycles. The number of fused-ring (bicyclic) bond motifs is 1. The molecule has 0 spiro atoms. The molecular formula is C20H29N5O2. The van der Waals surface area contributed by atoms with Gasteiger partial charge in [0, 0.05) is 70.7 Å². The van der Waals surface area contributed by atoms with Gasteiger partial charge in [0.05, 0.1) is 0 Å². The largest absolute Gasteiger partial charge is 0.358 e. The first-order chi connectivity index (χ1) is 13.0. The summed E-state index contributed by atoms with van der Waals surface area (Å²) >= 11 is 0. The van der Waals surface area contributed by atoms with Gasteiger partial charge in [0.25, 0.3) is 0 Å². The van der Waals surface area contributed by atoms with Gasteiger partial charge in [-0.3, -0.25) is 4.79 Å². The molecule has 2 N–H and O–H groups in total. The number of hydrogen-bond donors (Lipinski definition) is 2. The van der Waals surface area contributed by atoms with Gasteiger partial charge in [0.2, 0.25) is 5.91 Å². The first-order valence-electron chi connectivity index (χ1n) is 9.74. The fraction of sp³-hybridized carbons (Fsp3) is 0.600. The predicted molar refractivity (Wildman–Crippen MR) is 104 cm³/mol. The highest BCUT2D eigenvalue weighted by atomic mass is 16.2. The molecule has 5 rings (SSSR count). The van der Waals surface area contributed by atoms with Gasteiger partial charge in [-0.05, 0) is 5.56 Å². The lowest BCUT2D eigenvalue weighted by Crippen LogP contribution is -2.71. The summed E-state index contributed by atoms with van der Waals surface area (Å²) in [5.74, 6) is 0.233. The number of amides is 3. The van der Waals surface area contributed by atoms with E-state index in [9.17, 15) is 9.59 Å². The second kappa shape index (κ2) is 7.13. The van der Waals surface area contributed by atoms with Crippen LogP contribution in [0.2, 0.25) is 0 Å². The van der Waals surface area contributed by atoms with Crippen molar-refractivity contribution in [1.82, 2.24) is 25.3 Å². The average molecular weight is 371 g/mol. The highest BCUT2D eigenvalue weighted by Gasteiger charge is 2.55. The van der Waals surface area contributed by atoms with Crippen molar-refractivity contribution in [3.63, 3.8) is 0 Å². The van der Waals surface area contributed by atoms with E-state index in [0.717, 1.165) is 39.3 Å². The molecule has 4 aliphatic rings. The minimum atomic E-state index is -0.171. The Hall–Kier alpha value is -2.12. The van der Waals surface area contributed by atoms with Crippen molar-refractivity contribution in [3.8, 4) is 0 Å². The highest BCUT2D eigenvalue weighted by molar-refractivity contribution is 5.83. The number of piperidine rings is 2. The van der Waals surface area contributed by atoms with Crippen molar-refractivity contribution in [3.05, 3.63) is 35.9 Å². The van der Waals surface area contributed by atoms with E-state index in [4.69, 9.17) is 0 Å². The van der Waals surface area contributed by atoms with Crippen LogP contribution >= 0.6 is 0 Å². The van der Waals surface area contributed by atoms with Crippen LogP contribution in [-0.2, 0) is 10.2 Å². The zero-order valence-corrected chi connectivity index (χ0v) is 16.1. The van der Waals surface area contributed by atoms with Gasteiger partial charge in [0.1, 0.15) is 6.54 Å². The Bertz CT molecular complexity index is 694. The molecule has 4 aliphatic heterocycles. The fourth-order valence-electron chi connectivity index (χ4n) is 5.18. The van der Waals surface area contributed by atoms with Gasteiger partial charge >= 0.3 is 6.03 Å². The normalized spacial score (nSPS) is 34.0. The molecule has 146 valence electrons. The second-order valence-electron chi connectivity index (χ2n) is 8.21. The summed E-state index contributed by atoms with van der Waals surface area (Å²) in [5.41, 5.74) is 1.19. The SMILES string of the molecule is CNC(=O)CN(C)C(=O)N[C@@H]1C2CN3CCN(C2)CC1(c1ccccc1)C3. The molecule has 4 fully saturated rings. The molecule has 0 radical (unpaired) electrons. The number of nitrogens with one attached hydrogen (secondary N) is 2. The average Bonchev–Trinajstić information content (AvgIpc) is 2.93. The van der Waals surface area contributed by atoms with Crippen molar-refractivity contribution in [2.45, 2.75) is 11.5 Å². The van der Waals surface area contributed by atoms with Crippen LogP contribution in [-0.4, -0.2) is 92.6 Å². The minimum absolute atomic E-state index is 0.0658. The molecule has 4 saturated heterocycles. The monoisotopic (exact) mass is 371 g/mol. The van der Waals surface area contributed by atoms with Crippen molar-refractivity contribution in [2.24, 2.45) is 5.92 Å². The number of urea groups is 1. The number of rotatable bonds is 4. The van der Waals surface area contributed by atoms with Gasteiger partial charge < -0.3 is 25.3 Å². The minimum Gasteiger partial charge on any atom is -0.358 e. The zero-order chi connectivity index (χ0) is 19.0. The van der Waals surface area contributed by atoms with E-state index in [1.807, 2.05) is 6.07 Å². The van der Waals surface area contributed by atoms with Crippen LogP contribution in [0.1, 0.15) is 5.56 Å². The summed E-state index contributed by atoms with van der Waals surface area (Å²) in [5, 5.41) is 5.89. The Balaban J connectivity index is 1.62. The third kappa shape index (κ3) is 3.30. The van der Waals surface area contributed by atoms with Crippen LogP contribution in [0.4, 0.5) is 4.79 Å². The molecule has 1 aromatic rings. The van der Waals surface area contributed by atoms with Crippen molar-refractivity contribution < 1.29 is 9.59 Å². The summed E-state index contributed by atoms with van der Waals surface area (Å²) in [6.45, 7) is 6.24. The number of hydrogen-bond acceptors (Lipinski definition) is 4. The Labute approximate surface area is 160 Å². The highest BCUT2D eigenvalue weighted by Crippen LogP contribution is 2.43. The van der Waals surface area contributed by atoms with Crippen LogP contribution < -0.4 is 10.6 Å². The lowest BCUT2D eigenvalue weighted by Gasteiger charge is -2.56. The van der Waals surface area contributed by atoms with Crippen LogP contribution in [0.3, 0.4) is 0 Å². The molecule has 0 aromatic heterocycles. The smallest absolute Gasteiger partial charge is 0.317 e. The molecule has 7 heteroatoms. The lowest BCUT2D eigenvalue weighted by molar-refractivity contribution is -0.121. The molecule has 3 amide bonds. The molecular weight excluding hydrogens is 342 g/mol. The Morgan fingerprint density at radius 2 is 1.78 bits per heavy atom. The van der Waals surface area contributed by atoms with Crippen LogP contribution in [0, 0.1) is 5.92 Å². The van der Waals surface area contributed by atoms with Crippen LogP contribution in [0.5, 0.6) is 0 Å². The molecule has 3 atom stereocenters. The standard InChI is InChI=1S/C20H29N5O2/c1-21-17(26)12-23(2)19(27)22-18-15-10-24-8-9-25(11-15)14-20(18,13-24)16-6-4-3-5-7-16/h3-7,15,18H,8-14H2,1-2H3,(H,21,26)(H,22,27)/t15?,18-,20?/m1/s1. The summed E-state index contributed by atoms with van der Waals surface area (Å²) < 4.78 is 0. The van der Waals surface area contributed by atoms with Gasteiger partial charge in [-0.1, -0.05) is 30.3 Å². The quantitative estimate of drug-likeness (QED) is 0.778. The van der Waals surface area contributed by atoms with E-state index in [-0.39, 0.29) is 29.9 Å². The van der Waals surface area contributed by atoms with Crippen molar-refractivity contribution >= 4 is 11.9 Å². The maximum absolute atomic E-state index is 12.9. The number of benzene rings is 1. The first-order valence-corrected chi connectivity index (χ1v) is 9.74. The molecule has 4 heterocycles. The van der Waals surface area contributed by atoms with E-state index in [2.05, 4.69) is 44.7 Å². The lowest BCUT2D eigenvalue weighted by atomic mass is 9.64. The molecule has 7 nitrogen and oxygen atoms in total. The van der Waals surface area contributed by atoms with Crippen LogP contribution in [0.25, 0.3) is 0 Å². The second-order valence-corrected chi connectivity index (χ2v) is 8.21. The maximum Gasteiger partial charge on any atom is 0.317 e. The first kappa shape index (κ1) is 18.3. The Morgan fingerprint density at radius 3 is 2.37 bits per heavy atom. The van der Waals surface area contributed by atoms with Crippen molar-refractivity contribution in [1.29, 1.82) is 0 Å². The third-order valence-corrected chi connectivity index (χ3v) is 6.43. The topological polar surface area (TPSA) is 67.9 Å². The van der Waals surface area contributed by atoms with Crippen LogP contribution in [0.15, 0.2) is 30.3 Å². The van der Waals surface area contributed by atoms with E-state index >= 15 is 0 Å². The molecule has 4 bridgehead atoms. The summed E-state index contributed by atoms with van der Waals surface area (Å²) in [6, 6.07) is 10.5. The number of carbonyl (C=O) groups is 2. The van der Waals surface area contributed by atoms with E-state index in [0.29, 0.717) is 5.92 Å². The van der Waals surface area contributed by atoms with Gasteiger partial charge in [-0.25, -0.2) is 4.79 Å². The fourth-order valence-corrected chi connectivity index (χ4v) is 5.18. The van der Waals surface area contributed by atoms with Gasteiger partial charge in [-0.2, -0.15) is 0 Å². The van der Waals surface area contributed by atoms with E-state index < -0.39 is 0 Å². The van der Waals surface area contributed by atoms with Crippen molar-refractivity contribution in [2.75, 3.05) is 59.9 Å². The van der Waals surface area contributed by atoms with E-state index in [1.54, 1.807) is 14.1 Å².